The molecule has 1 fully saturated rings. The Balaban J connectivity index is 1.75. The summed E-state index contributed by atoms with van der Waals surface area (Å²) >= 11 is 0. The van der Waals surface area contributed by atoms with Gasteiger partial charge in [-0.15, -0.1) is 0 Å². The van der Waals surface area contributed by atoms with E-state index in [1.807, 2.05) is 17.0 Å². The van der Waals surface area contributed by atoms with Gasteiger partial charge in [0.15, 0.2) is 6.61 Å². The van der Waals surface area contributed by atoms with Crippen LogP contribution in [0.5, 0.6) is 5.75 Å². The summed E-state index contributed by atoms with van der Waals surface area (Å²) in [5.41, 5.74) is 2.48. The van der Waals surface area contributed by atoms with Crippen LogP contribution in [-0.4, -0.2) is 48.8 Å². The van der Waals surface area contributed by atoms with E-state index in [2.05, 4.69) is 9.72 Å². The van der Waals surface area contributed by atoms with Gasteiger partial charge < -0.3 is 14.5 Å². The fourth-order valence-corrected chi connectivity index (χ4v) is 3.93. The Morgan fingerprint density at radius 3 is 2.92 bits per heavy atom. The number of hydrogen-bond donors (Lipinski definition) is 1. The van der Waals surface area contributed by atoms with Crippen LogP contribution < -0.4 is 4.74 Å². The predicted molar refractivity (Wildman–Crippen MR) is 83.5 cm³/mol. The Bertz CT molecular complexity index is 830. The van der Waals surface area contributed by atoms with Gasteiger partial charge in [0.1, 0.15) is 11.8 Å². The molecule has 2 bridgehead atoms. The summed E-state index contributed by atoms with van der Waals surface area (Å²) in [5, 5.41) is 0.953. The first-order valence-corrected chi connectivity index (χ1v) is 8.04. The molecule has 1 aromatic heterocycles. The zero-order valence-corrected chi connectivity index (χ0v) is 13.5. The van der Waals surface area contributed by atoms with Crippen molar-refractivity contribution in [2.45, 2.75) is 24.6 Å². The fourth-order valence-electron chi connectivity index (χ4n) is 3.93. The van der Waals surface area contributed by atoms with Crippen molar-refractivity contribution in [3.05, 3.63) is 29.5 Å². The Morgan fingerprint density at radius 2 is 2.20 bits per heavy atom. The van der Waals surface area contributed by atoms with Crippen LogP contribution in [0.4, 0.5) is 13.2 Å². The summed E-state index contributed by atoms with van der Waals surface area (Å²) in [6.07, 6.45) is -3.67. The number of carbonyl (C=O) groups excluding carboxylic acids is 1. The minimum Gasteiger partial charge on any atom is -0.497 e. The van der Waals surface area contributed by atoms with E-state index < -0.39 is 24.8 Å². The second-order valence-corrected chi connectivity index (χ2v) is 6.47. The van der Waals surface area contributed by atoms with E-state index in [1.54, 1.807) is 13.2 Å². The Morgan fingerprint density at radius 1 is 1.40 bits per heavy atom. The number of halogens is 3. The molecule has 3 unspecified atom stereocenters. The molecule has 0 radical (unpaired) electrons. The summed E-state index contributed by atoms with van der Waals surface area (Å²) in [4.78, 5) is 17.5. The van der Waals surface area contributed by atoms with E-state index in [9.17, 15) is 18.0 Å². The van der Waals surface area contributed by atoms with Crippen LogP contribution in [0, 0.1) is 0 Å². The average molecular weight is 354 g/mol. The molecule has 1 saturated heterocycles. The number of rotatable bonds is 3. The van der Waals surface area contributed by atoms with E-state index in [0.29, 0.717) is 24.5 Å². The van der Waals surface area contributed by atoms with Crippen LogP contribution in [0.1, 0.15) is 29.6 Å². The SMILES string of the molecule is COc1ccc2[nH]c3c(c2c1)C1CCN(C1)C3C(=O)OCC(F)(F)F. The van der Waals surface area contributed by atoms with Gasteiger partial charge in [-0.1, -0.05) is 0 Å². The van der Waals surface area contributed by atoms with Crippen molar-refractivity contribution >= 4 is 16.9 Å². The summed E-state index contributed by atoms with van der Waals surface area (Å²) in [6.45, 7) is -0.267. The molecule has 3 heterocycles. The van der Waals surface area contributed by atoms with Gasteiger partial charge in [-0.05, 0) is 36.7 Å². The van der Waals surface area contributed by atoms with E-state index in [1.165, 1.54) is 0 Å². The molecule has 0 spiro atoms. The molecule has 8 heteroatoms. The Labute approximate surface area is 141 Å². The van der Waals surface area contributed by atoms with E-state index in [0.717, 1.165) is 22.9 Å². The van der Waals surface area contributed by atoms with Gasteiger partial charge in [0.2, 0.25) is 0 Å². The van der Waals surface area contributed by atoms with Crippen LogP contribution in [0.15, 0.2) is 18.2 Å². The minimum absolute atomic E-state index is 0.252. The maximum atomic E-state index is 12.4. The van der Waals surface area contributed by atoms with Gasteiger partial charge >= 0.3 is 12.1 Å². The molecule has 134 valence electrons. The third-order valence-electron chi connectivity index (χ3n) is 4.94. The van der Waals surface area contributed by atoms with Gasteiger partial charge in [-0.2, -0.15) is 13.2 Å². The smallest absolute Gasteiger partial charge is 0.422 e. The Hall–Kier alpha value is -2.22. The van der Waals surface area contributed by atoms with Crippen molar-refractivity contribution in [2.24, 2.45) is 0 Å². The number of nitrogens with one attached hydrogen (secondary N) is 1. The number of carbonyl (C=O) groups is 1. The third-order valence-corrected chi connectivity index (χ3v) is 4.94. The molecule has 2 aromatic rings. The number of alkyl halides is 3. The first-order chi connectivity index (χ1) is 11.9. The summed E-state index contributed by atoms with van der Waals surface area (Å²) in [6, 6.07) is 4.74. The zero-order chi connectivity index (χ0) is 17.8. The number of H-pyrrole nitrogens is 1. The molecule has 0 aliphatic carbocycles. The minimum atomic E-state index is -4.53. The average Bonchev–Trinajstić information content (AvgIpc) is 3.14. The monoisotopic (exact) mass is 354 g/mol. The van der Waals surface area contributed by atoms with Crippen molar-refractivity contribution in [3.63, 3.8) is 0 Å². The molecule has 3 atom stereocenters. The summed E-state index contributed by atoms with van der Waals surface area (Å²) in [5.74, 6) is 0.0888. The van der Waals surface area contributed by atoms with Gasteiger partial charge in [-0.25, -0.2) is 4.79 Å². The van der Waals surface area contributed by atoms with Crippen molar-refractivity contribution < 1.29 is 27.4 Å². The molecule has 2 aliphatic heterocycles. The van der Waals surface area contributed by atoms with E-state index >= 15 is 0 Å². The number of aromatic nitrogens is 1. The van der Waals surface area contributed by atoms with Crippen LogP contribution >= 0.6 is 0 Å². The predicted octanol–water partition coefficient (Wildman–Crippen LogP) is 3.13. The quantitative estimate of drug-likeness (QED) is 0.861. The second-order valence-electron chi connectivity index (χ2n) is 6.47. The first-order valence-electron chi connectivity index (χ1n) is 8.04. The number of ether oxygens (including phenoxy) is 2. The highest BCUT2D eigenvalue weighted by molar-refractivity contribution is 5.90. The molecular weight excluding hydrogens is 337 g/mol. The zero-order valence-electron chi connectivity index (χ0n) is 13.5. The third kappa shape index (κ3) is 2.74. The maximum Gasteiger partial charge on any atom is 0.422 e. The number of nitrogens with zero attached hydrogens (tertiary/aromatic N) is 1. The fraction of sp³-hybridized carbons (Fsp3) is 0.471. The largest absolute Gasteiger partial charge is 0.497 e. The van der Waals surface area contributed by atoms with Gasteiger partial charge in [0.05, 0.1) is 7.11 Å². The normalized spacial score (nSPS) is 25.0. The Kier molecular flexibility index (Phi) is 3.68. The summed E-state index contributed by atoms with van der Waals surface area (Å²) < 4.78 is 47.0. The molecular formula is C17H17F3N2O3. The van der Waals surface area contributed by atoms with Crippen LogP contribution in [0.25, 0.3) is 10.9 Å². The molecule has 5 nitrogen and oxygen atoms in total. The first kappa shape index (κ1) is 16.3. The lowest BCUT2D eigenvalue weighted by atomic mass is 9.90. The number of fused-ring (bicyclic) bond motifs is 6. The van der Waals surface area contributed by atoms with Crippen molar-refractivity contribution in [3.8, 4) is 5.75 Å². The molecule has 0 saturated carbocycles. The molecule has 0 amide bonds. The maximum absolute atomic E-state index is 12.4. The molecule has 2 aliphatic rings. The topological polar surface area (TPSA) is 54.6 Å². The molecule has 1 N–H and O–H groups in total. The van der Waals surface area contributed by atoms with Gasteiger partial charge in [0, 0.05) is 29.1 Å². The lowest BCUT2D eigenvalue weighted by molar-refractivity contribution is -0.190. The standard InChI is InChI=1S/C17H17F3N2O3/c1-24-10-2-3-12-11(6-10)13-9-4-5-22(7-9)15(14(13)21-12)16(23)25-8-17(18,19)20/h2-3,6,9,15,21H,4-5,7-8H2,1H3. The molecule has 25 heavy (non-hydrogen) atoms. The highest BCUT2D eigenvalue weighted by Gasteiger charge is 2.45. The number of aromatic amines is 1. The van der Waals surface area contributed by atoms with Gasteiger partial charge in [-0.3, -0.25) is 4.90 Å². The highest BCUT2D eigenvalue weighted by atomic mass is 19.4. The van der Waals surface area contributed by atoms with E-state index in [-0.39, 0.29) is 5.92 Å². The summed E-state index contributed by atoms with van der Waals surface area (Å²) in [7, 11) is 1.58. The van der Waals surface area contributed by atoms with Crippen molar-refractivity contribution in [2.75, 3.05) is 26.8 Å². The van der Waals surface area contributed by atoms with Crippen LogP contribution in [0.3, 0.4) is 0 Å². The lowest BCUT2D eigenvalue weighted by Gasteiger charge is -2.30. The van der Waals surface area contributed by atoms with Crippen molar-refractivity contribution in [1.82, 2.24) is 9.88 Å². The van der Waals surface area contributed by atoms with Gasteiger partial charge in [0.25, 0.3) is 0 Å². The molecule has 1 aromatic carbocycles. The van der Waals surface area contributed by atoms with Crippen LogP contribution in [-0.2, 0) is 9.53 Å². The molecule has 4 rings (SSSR count). The van der Waals surface area contributed by atoms with E-state index in [4.69, 9.17) is 4.74 Å². The number of methoxy groups -OCH3 is 1. The van der Waals surface area contributed by atoms with Crippen LogP contribution in [0.2, 0.25) is 0 Å². The number of esters is 1. The van der Waals surface area contributed by atoms with Crippen molar-refractivity contribution in [1.29, 1.82) is 0 Å². The highest BCUT2D eigenvalue weighted by Crippen LogP contribution is 2.46. The lowest BCUT2D eigenvalue weighted by Crippen LogP contribution is -2.38. The number of hydrogen-bond acceptors (Lipinski definition) is 4. The number of benzene rings is 1. The second kappa shape index (κ2) is 5.66.